The Labute approximate surface area is 125 Å². The average molecular weight is 316 g/mol. The van der Waals surface area contributed by atoms with Crippen LogP contribution < -0.4 is 10.1 Å². The molecular weight excluding hydrogens is 303 g/mol. The summed E-state index contributed by atoms with van der Waals surface area (Å²) in [4.78, 5) is 0. The van der Waals surface area contributed by atoms with E-state index in [1.54, 1.807) is 18.2 Å². The van der Waals surface area contributed by atoms with Gasteiger partial charge in [0.1, 0.15) is 23.2 Å². The van der Waals surface area contributed by atoms with Crippen molar-refractivity contribution in [1.29, 1.82) is 0 Å². The summed E-state index contributed by atoms with van der Waals surface area (Å²) in [5, 5.41) is 3.08. The van der Waals surface area contributed by atoms with Crippen LogP contribution in [0.2, 0.25) is 5.02 Å². The van der Waals surface area contributed by atoms with E-state index in [9.17, 15) is 13.2 Å². The molecule has 112 valence electrons. The van der Waals surface area contributed by atoms with E-state index in [0.29, 0.717) is 23.4 Å². The second-order valence-electron chi connectivity index (χ2n) is 4.39. The second-order valence-corrected chi connectivity index (χ2v) is 4.80. The third kappa shape index (κ3) is 3.14. The fourth-order valence-electron chi connectivity index (χ4n) is 2.15. The fraction of sp³-hybridized carbons (Fsp3) is 0.200. The van der Waals surface area contributed by atoms with Crippen molar-refractivity contribution in [2.75, 3.05) is 14.2 Å². The van der Waals surface area contributed by atoms with Gasteiger partial charge in [-0.1, -0.05) is 17.7 Å². The van der Waals surface area contributed by atoms with Gasteiger partial charge in [0.15, 0.2) is 0 Å². The molecule has 0 aromatic heterocycles. The number of nitrogens with one attached hydrogen (secondary N) is 1. The van der Waals surface area contributed by atoms with E-state index in [-0.39, 0.29) is 10.6 Å². The van der Waals surface area contributed by atoms with E-state index in [0.717, 1.165) is 0 Å². The number of halogens is 4. The molecule has 0 heterocycles. The monoisotopic (exact) mass is 315 g/mol. The zero-order valence-corrected chi connectivity index (χ0v) is 12.1. The molecule has 0 spiro atoms. The van der Waals surface area contributed by atoms with Gasteiger partial charge < -0.3 is 10.1 Å². The van der Waals surface area contributed by atoms with Crippen molar-refractivity contribution in [1.82, 2.24) is 5.32 Å². The Morgan fingerprint density at radius 2 is 1.71 bits per heavy atom. The van der Waals surface area contributed by atoms with E-state index in [4.69, 9.17) is 16.3 Å². The SMILES string of the molecule is CNC(c1ccc(OC)cc1Cl)c1c(F)cc(F)cc1F. The predicted octanol–water partition coefficient (Wildman–Crippen LogP) is 4.07. The average Bonchev–Trinajstić information content (AvgIpc) is 2.43. The van der Waals surface area contributed by atoms with Gasteiger partial charge in [-0.05, 0) is 24.7 Å². The lowest BCUT2D eigenvalue weighted by atomic mass is 9.97. The topological polar surface area (TPSA) is 21.3 Å². The standard InChI is InChI=1S/C15H13ClF3NO/c1-20-15(10-4-3-9(21-2)7-11(10)16)14-12(18)5-8(17)6-13(14)19/h3-7,15,20H,1-2H3. The minimum absolute atomic E-state index is 0.286. The number of hydrogen-bond donors (Lipinski definition) is 1. The molecule has 21 heavy (non-hydrogen) atoms. The molecule has 0 aliphatic carbocycles. The minimum atomic E-state index is -0.973. The molecule has 1 unspecified atom stereocenters. The van der Waals surface area contributed by atoms with Gasteiger partial charge in [-0.3, -0.25) is 0 Å². The highest BCUT2D eigenvalue weighted by Gasteiger charge is 2.23. The summed E-state index contributed by atoms with van der Waals surface area (Å²) in [6, 6.07) is 5.21. The summed E-state index contributed by atoms with van der Waals surface area (Å²) in [7, 11) is 3.02. The summed E-state index contributed by atoms with van der Waals surface area (Å²) in [6.45, 7) is 0. The Morgan fingerprint density at radius 3 is 2.19 bits per heavy atom. The Morgan fingerprint density at radius 1 is 1.10 bits per heavy atom. The van der Waals surface area contributed by atoms with E-state index >= 15 is 0 Å². The first kappa shape index (κ1) is 15.7. The van der Waals surface area contributed by atoms with Crippen LogP contribution in [0.15, 0.2) is 30.3 Å². The predicted molar refractivity (Wildman–Crippen MR) is 75.2 cm³/mol. The molecular formula is C15H13ClF3NO. The van der Waals surface area contributed by atoms with Gasteiger partial charge in [-0.2, -0.15) is 0 Å². The van der Waals surface area contributed by atoms with E-state index in [1.807, 2.05) is 0 Å². The molecule has 0 fully saturated rings. The molecule has 2 rings (SSSR count). The van der Waals surface area contributed by atoms with E-state index in [1.165, 1.54) is 14.2 Å². The summed E-state index contributed by atoms with van der Waals surface area (Å²) < 4.78 is 45.9. The first-order valence-electron chi connectivity index (χ1n) is 6.13. The van der Waals surface area contributed by atoms with Gasteiger partial charge in [0, 0.05) is 22.7 Å². The van der Waals surface area contributed by atoms with Gasteiger partial charge in [-0.25, -0.2) is 13.2 Å². The van der Waals surface area contributed by atoms with Crippen molar-refractivity contribution < 1.29 is 17.9 Å². The third-order valence-electron chi connectivity index (χ3n) is 3.14. The highest BCUT2D eigenvalue weighted by molar-refractivity contribution is 6.31. The van der Waals surface area contributed by atoms with Crippen LogP contribution in [-0.4, -0.2) is 14.2 Å². The second kappa shape index (κ2) is 6.37. The first-order chi connectivity index (χ1) is 9.97. The van der Waals surface area contributed by atoms with E-state index < -0.39 is 23.5 Å². The number of rotatable bonds is 4. The molecule has 0 radical (unpaired) electrons. The molecule has 2 nitrogen and oxygen atoms in total. The third-order valence-corrected chi connectivity index (χ3v) is 3.47. The minimum Gasteiger partial charge on any atom is -0.497 e. The molecule has 0 amide bonds. The number of benzene rings is 2. The van der Waals surface area contributed by atoms with Crippen LogP contribution in [0.1, 0.15) is 17.2 Å². The van der Waals surface area contributed by atoms with Crippen LogP contribution >= 0.6 is 11.6 Å². The quantitative estimate of drug-likeness (QED) is 0.918. The maximum absolute atomic E-state index is 13.9. The number of hydrogen-bond acceptors (Lipinski definition) is 2. The smallest absolute Gasteiger partial charge is 0.134 e. The summed E-state index contributed by atoms with van der Waals surface area (Å²) in [5.74, 6) is -2.39. The van der Waals surface area contributed by atoms with Gasteiger partial charge in [0.05, 0.1) is 13.2 Å². The summed E-state index contributed by atoms with van der Waals surface area (Å²) in [5.41, 5.74) is 0.176. The van der Waals surface area contributed by atoms with Crippen LogP contribution in [-0.2, 0) is 0 Å². The molecule has 0 bridgehead atoms. The molecule has 0 aliphatic rings. The van der Waals surface area contributed by atoms with Crippen LogP contribution in [0, 0.1) is 17.5 Å². The van der Waals surface area contributed by atoms with E-state index in [2.05, 4.69) is 5.32 Å². The molecule has 6 heteroatoms. The Bertz CT molecular complexity index is 640. The lowest BCUT2D eigenvalue weighted by molar-refractivity contribution is 0.414. The molecule has 2 aromatic carbocycles. The maximum Gasteiger partial charge on any atom is 0.134 e. The zero-order valence-electron chi connectivity index (χ0n) is 11.4. The van der Waals surface area contributed by atoms with Crippen LogP contribution in [0.4, 0.5) is 13.2 Å². The first-order valence-corrected chi connectivity index (χ1v) is 6.51. The van der Waals surface area contributed by atoms with Crippen molar-refractivity contribution in [2.45, 2.75) is 6.04 Å². The summed E-state index contributed by atoms with van der Waals surface area (Å²) in [6.07, 6.45) is 0. The molecule has 1 N–H and O–H groups in total. The molecule has 0 saturated heterocycles. The fourth-order valence-corrected chi connectivity index (χ4v) is 2.43. The highest BCUT2D eigenvalue weighted by atomic mass is 35.5. The van der Waals surface area contributed by atoms with Gasteiger partial charge in [-0.15, -0.1) is 0 Å². The van der Waals surface area contributed by atoms with Crippen molar-refractivity contribution in [2.24, 2.45) is 0 Å². The number of ether oxygens (including phenoxy) is 1. The molecule has 0 aliphatic heterocycles. The molecule has 1 atom stereocenters. The Hall–Kier alpha value is -1.72. The van der Waals surface area contributed by atoms with Crippen molar-refractivity contribution >= 4 is 11.6 Å². The maximum atomic E-state index is 13.9. The number of methoxy groups -OCH3 is 1. The summed E-state index contributed by atoms with van der Waals surface area (Å²) >= 11 is 6.13. The van der Waals surface area contributed by atoms with Crippen LogP contribution in [0.3, 0.4) is 0 Å². The Balaban J connectivity index is 2.55. The van der Waals surface area contributed by atoms with Gasteiger partial charge >= 0.3 is 0 Å². The Kier molecular flexibility index (Phi) is 4.75. The van der Waals surface area contributed by atoms with Crippen molar-refractivity contribution in [3.8, 4) is 5.75 Å². The van der Waals surface area contributed by atoms with Gasteiger partial charge in [0.2, 0.25) is 0 Å². The van der Waals surface area contributed by atoms with Crippen LogP contribution in [0.25, 0.3) is 0 Å². The lowest BCUT2D eigenvalue weighted by Crippen LogP contribution is -2.21. The van der Waals surface area contributed by atoms with Crippen molar-refractivity contribution in [3.05, 3.63) is 63.9 Å². The highest BCUT2D eigenvalue weighted by Crippen LogP contribution is 2.33. The normalized spacial score (nSPS) is 12.3. The molecule has 0 saturated carbocycles. The van der Waals surface area contributed by atoms with Crippen LogP contribution in [0.5, 0.6) is 5.75 Å². The van der Waals surface area contributed by atoms with Crippen molar-refractivity contribution in [3.63, 3.8) is 0 Å². The zero-order chi connectivity index (χ0) is 15.6. The van der Waals surface area contributed by atoms with Gasteiger partial charge in [0.25, 0.3) is 0 Å². The lowest BCUT2D eigenvalue weighted by Gasteiger charge is -2.20. The molecule has 2 aromatic rings. The largest absolute Gasteiger partial charge is 0.497 e.